The van der Waals surface area contributed by atoms with Crippen LogP contribution in [0.1, 0.15) is 43.4 Å². The number of imide groups is 1. The van der Waals surface area contributed by atoms with Crippen LogP contribution in [0.2, 0.25) is 5.02 Å². The van der Waals surface area contributed by atoms with Gasteiger partial charge in [-0.2, -0.15) is 0 Å². The van der Waals surface area contributed by atoms with E-state index in [4.69, 9.17) is 11.6 Å². The molecular formula is C26H22ClN3O4. The predicted molar refractivity (Wildman–Crippen MR) is 129 cm³/mol. The summed E-state index contributed by atoms with van der Waals surface area (Å²) in [7, 11) is 0. The van der Waals surface area contributed by atoms with Gasteiger partial charge in [-0.15, -0.1) is 0 Å². The van der Waals surface area contributed by atoms with E-state index in [1.807, 2.05) is 32.0 Å². The Morgan fingerprint density at radius 3 is 1.97 bits per heavy atom. The molecule has 4 rings (SSSR count). The molecule has 4 amide bonds. The van der Waals surface area contributed by atoms with Gasteiger partial charge in [-0.05, 0) is 54.8 Å². The number of hydrogen-bond donors (Lipinski definition) is 2. The Labute approximate surface area is 201 Å². The SMILES string of the molecule is Cc1cccc(C)c1NC(=O)C(NC(=O)CN1C(=O)c2ccccc2C1=O)c1ccc(Cl)cc1. The van der Waals surface area contributed by atoms with Gasteiger partial charge in [0.05, 0.1) is 11.1 Å². The number of hydrogen-bond acceptors (Lipinski definition) is 4. The van der Waals surface area contributed by atoms with E-state index in [9.17, 15) is 19.2 Å². The van der Waals surface area contributed by atoms with Crippen LogP contribution < -0.4 is 10.6 Å². The van der Waals surface area contributed by atoms with Crippen LogP contribution in [0.15, 0.2) is 66.7 Å². The summed E-state index contributed by atoms with van der Waals surface area (Å²) < 4.78 is 0. The van der Waals surface area contributed by atoms with E-state index in [1.54, 1.807) is 48.5 Å². The van der Waals surface area contributed by atoms with Crippen LogP contribution in [-0.4, -0.2) is 35.1 Å². The first-order valence-electron chi connectivity index (χ1n) is 10.6. The van der Waals surface area contributed by atoms with E-state index in [0.717, 1.165) is 16.0 Å². The van der Waals surface area contributed by atoms with E-state index >= 15 is 0 Å². The standard InChI is InChI=1S/C26H22ClN3O4/c1-15-6-5-7-16(2)22(15)29-24(32)23(17-10-12-18(27)13-11-17)28-21(31)14-30-25(33)19-8-3-4-9-20(19)26(30)34/h3-13,23H,14H2,1-2H3,(H,28,31)(H,29,32). The zero-order valence-electron chi connectivity index (χ0n) is 18.6. The van der Waals surface area contributed by atoms with Crippen LogP contribution in [0.5, 0.6) is 0 Å². The third-order valence-corrected chi connectivity index (χ3v) is 5.93. The molecule has 3 aromatic carbocycles. The van der Waals surface area contributed by atoms with Gasteiger partial charge in [0.1, 0.15) is 12.6 Å². The Bertz CT molecular complexity index is 1250. The number of anilines is 1. The minimum absolute atomic E-state index is 0.252. The number of benzene rings is 3. The number of halogens is 1. The summed E-state index contributed by atoms with van der Waals surface area (Å²) in [5.74, 6) is -2.20. The van der Waals surface area contributed by atoms with Crippen molar-refractivity contribution in [3.63, 3.8) is 0 Å². The smallest absolute Gasteiger partial charge is 0.262 e. The molecule has 0 saturated heterocycles. The Hall–Kier alpha value is -3.97. The van der Waals surface area contributed by atoms with Crippen molar-refractivity contribution in [1.82, 2.24) is 10.2 Å². The van der Waals surface area contributed by atoms with Crippen molar-refractivity contribution in [2.75, 3.05) is 11.9 Å². The molecule has 7 nitrogen and oxygen atoms in total. The van der Waals surface area contributed by atoms with Crippen LogP contribution in [0, 0.1) is 13.8 Å². The maximum absolute atomic E-state index is 13.3. The van der Waals surface area contributed by atoms with Gasteiger partial charge in [-0.25, -0.2) is 0 Å². The predicted octanol–water partition coefficient (Wildman–Crippen LogP) is 4.05. The quantitative estimate of drug-likeness (QED) is 0.526. The third-order valence-electron chi connectivity index (χ3n) is 5.68. The molecule has 0 aliphatic carbocycles. The zero-order valence-corrected chi connectivity index (χ0v) is 19.3. The van der Waals surface area contributed by atoms with Gasteiger partial charge in [0, 0.05) is 10.7 Å². The maximum atomic E-state index is 13.3. The highest BCUT2D eigenvalue weighted by Gasteiger charge is 2.37. The highest BCUT2D eigenvalue weighted by molar-refractivity contribution is 6.30. The average molecular weight is 476 g/mol. The van der Waals surface area contributed by atoms with Crippen LogP contribution >= 0.6 is 11.6 Å². The largest absolute Gasteiger partial charge is 0.339 e. The van der Waals surface area contributed by atoms with Gasteiger partial charge in [-0.1, -0.05) is 54.1 Å². The molecule has 1 unspecified atom stereocenters. The molecular weight excluding hydrogens is 454 g/mol. The number of carbonyl (C=O) groups is 4. The summed E-state index contributed by atoms with van der Waals surface area (Å²) >= 11 is 5.99. The molecule has 1 atom stereocenters. The normalized spacial score (nSPS) is 13.4. The molecule has 0 fully saturated rings. The van der Waals surface area contributed by atoms with Crippen molar-refractivity contribution >= 4 is 40.9 Å². The molecule has 34 heavy (non-hydrogen) atoms. The first kappa shape index (κ1) is 23.2. The number of nitrogens with one attached hydrogen (secondary N) is 2. The molecule has 8 heteroatoms. The van der Waals surface area contributed by atoms with E-state index in [2.05, 4.69) is 10.6 Å². The molecule has 1 aliphatic rings. The Balaban J connectivity index is 1.56. The highest BCUT2D eigenvalue weighted by Crippen LogP contribution is 2.25. The van der Waals surface area contributed by atoms with Crippen LogP contribution in [0.3, 0.4) is 0 Å². The minimum atomic E-state index is -1.07. The molecule has 1 heterocycles. The summed E-state index contributed by atoms with van der Waals surface area (Å²) in [6.45, 7) is 3.24. The fourth-order valence-electron chi connectivity index (χ4n) is 3.90. The summed E-state index contributed by atoms with van der Waals surface area (Å²) in [5, 5.41) is 6.04. The van der Waals surface area contributed by atoms with Gasteiger partial charge in [-0.3, -0.25) is 24.1 Å². The van der Waals surface area contributed by atoms with E-state index < -0.39 is 36.2 Å². The van der Waals surface area contributed by atoms with Crippen molar-refractivity contribution in [2.45, 2.75) is 19.9 Å². The number of para-hydroxylation sites is 1. The number of amides is 4. The molecule has 2 N–H and O–H groups in total. The molecule has 0 saturated carbocycles. The topological polar surface area (TPSA) is 95.6 Å². The lowest BCUT2D eigenvalue weighted by atomic mass is 10.0. The summed E-state index contributed by atoms with van der Waals surface area (Å²) in [6.07, 6.45) is 0. The van der Waals surface area contributed by atoms with Crippen LogP contribution in [0.4, 0.5) is 5.69 Å². The maximum Gasteiger partial charge on any atom is 0.262 e. The second kappa shape index (κ2) is 9.49. The summed E-state index contributed by atoms with van der Waals surface area (Å²) in [5.41, 5.74) is 3.41. The minimum Gasteiger partial charge on any atom is -0.339 e. The van der Waals surface area contributed by atoms with E-state index in [1.165, 1.54) is 0 Å². The van der Waals surface area contributed by atoms with E-state index in [0.29, 0.717) is 16.3 Å². The Kier molecular flexibility index (Phi) is 6.47. The van der Waals surface area contributed by atoms with Gasteiger partial charge in [0.25, 0.3) is 17.7 Å². The number of aryl methyl sites for hydroxylation is 2. The Morgan fingerprint density at radius 1 is 0.853 bits per heavy atom. The molecule has 1 aliphatic heterocycles. The fraction of sp³-hybridized carbons (Fsp3) is 0.154. The third kappa shape index (κ3) is 4.56. The first-order chi connectivity index (χ1) is 16.3. The van der Waals surface area contributed by atoms with Gasteiger partial charge >= 0.3 is 0 Å². The van der Waals surface area contributed by atoms with Gasteiger partial charge in [0.15, 0.2) is 0 Å². The lowest BCUT2D eigenvalue weighted by molar-refractivity contribution is -0.126. The van der Waals surface area contributed by atoms with Crippen molar-refractivity contribution in [2.24, 2.45) is 0 Å². The number of fused-ring (bicyclic) bond motifs is 1. The number of rotatable bonds is 6. The summed E-state index contributed by atoms with van der Waals surface area (Å²) in [6, 6.07) is 17.5. The van der Waals surface area contributed by atoms with Gasteiger partial charge in [0.2, 0.25) is 5.91 Å². The average Bonchev–Trinajstić information content (AvgIpc) is 3.05. The lowest BCUT2D eigenvalue weighted by Gasteiger charge is -2.22. The molecule has 3 aromatic rings. The molecule has 172 valence electrons. The summed E-state index contributed by atoms with van der Waals surface area (Å²) in [4.78, 5) is 52.3. The second-order valence-corrected chi connectivity index (χ2v) is 8.49. The Morgan fingerprint density at radius 2 is 1.41 bits per heavy atom. The molecule has 0 spiro atoms. The lowest BCUT2D eigenvalue weighted by Crippen LogP contribution is -2.44. The monoisotopic (exact) mass is 475 g/mol. The van der Waals surface area contributed by atoms with Crippen LogP contribution in [0.25, 0.3) is 0 Å². The van der Waals surface area contributed by atoms with Crippen molar-refractivity contribution in [3.05, 3.63) is 99.6 Å². The molecule has 0 radical (unpaired) electrons. The van der Waals surface area contributed by atoms with E-state index in [-0.39, 0.29) is 11.1 Å². The number of carbonyl (C=O) groups excluding carboxylic acids is 4. The van der Waals surface area contributed by atoms with Crippen molar-refractivity contribution in [3.8, 4) is 0 Å². The highest BCUT2D eigenvalue weighted by atomic mass is 35.5. The first-order valence-corrected chi connectivity index (χ1v) is 11.0. The number of nitrogens with zero attached hydrogens (tertiary/aromatic N) is 1. The molecule has 0 bridgehead atoms. The van der Waals surface area contributed by atoms with Crippen molar-refractivity contribution < 1.29 is 19.2 Å². The van der Waals surface area contributed by atoms with Crippen LogP contribution in [-0.2, 0) is 9.59 Å². The van der Waals surface area contributed by atoms with Crippen molar-refractivity contribution in [1.29, 1.82) is 0 Å². The zero-order chi connectivity index (χ0) is 24.4. The second-order valence-electron chi connectivity index (χ2n) is 8.05. The fourth-order valence-corrected chi connectivity index (χ4v) is 4.02. The molecule has 0 aromatic heterocycles. The van der Waals surface area contributed by atoms with Gasteiger partial charge < -0.3 is 10.6 Å².